The Kier molecular flexibility index (Phi) is 5.88. The SMILES string of the molecule is CC(=O)c1cccc(S(=O)(=O)NCc2ccc(C[NH+](C)C)cc2)c1. The number of carbonyl (C=O) groups is 1. The first-order chi connectivity index (χ1) is 11.3. The molecule has 0 heterocycles. The van der Waals surface area contributed by atoms with Gasteiger partial charge in [-0.1, -0.05) is 36.4 Å². The maximum absolute atomic E-state index is 12.4. The van der Waals surface area contributed by atoms with Crippen LogP contribution in [0.25, 0.3) is 0 Å². The van der Waals surface area contributed by atoms with Crippen LogP contribution in [0.1, 0.15) is 28.4 Å². The van der Waals surface area contributed by atoms with Gasteiger partial charge in [0.1, 0.15) is 6.54 Å². The van der Waals surface area contributed by atoms with Gasteiger partial charge in [-0.2, -0.15) is 0 Å². The lowest BCUT2D eigenvalue weighted by Gasteiger charge is -2.10. The summed E-state index contributed by atoms with van der Waals surface area (Å²) < 4.78 is 27.3. The first-order valence-electron chi connectivity index (χ1n) is 7.75. The van der Waals surface area contributed by atoms with Crippen LogP contribution in [-0.2, 0) is 23.1 Å². The molecule has 128 valence electrons. The van der Waals surface area contributed by atoms with E-state index in [9.17, 15) is 13.2 Å². The third-order valence-electron chi connectivity index (χ3n) is 3.60. The first kappa shape index (κ1) is 18.3. The summed E-state index contributed by atoms with van der Waals surface area (Å²) in [6, 6.07) is 13.9. The second-order valence-corrected chi connectivity index (χ2v) is 7.88. The van der Waals surface area contributed by atoms with E-state index < -0.39 is 10.0 Å². The fourth-order valence-corrected chi connectivity index (χ4v) is 3.39. The molecule has 0 bridgehead atoms. The Bertz CT molecular complexity index is 812. The molecule has 2 rings (SSSR count). The van der Waals surface area contributed by atoms with Gasteiger partial charge in [-0.25, -0.2) is 13.1 Å². The highest BCUT2D eigenvalue weighted by molar-refractivity contribution is 7.89. The molecule has 6 heteroatoms. The summed E-state index contributed by atoms with van der Waals surface area (Å²) in [6.45, 7) is 2.54. The number of carbonyl (C=O) groups excluding carboxylic acids is 1. The van der Waals surface area contributed by atoms with Gasteiger partial charge in [0, 0.05) is 17.7 Å². The topological polar surface area (TPSA) is 67.7 Å². The van der Waals surface area contributed by atoms with Crippen LogP contribution in [0, 0.1) is 0 Å². The quantitative estimate of drug-likeness (QED) is 0.735. The first-order valence-corrected chi connectivity index (χ1v) is 9.24. The molecule has 0 aliphatic rings. The maximum Gasteiger partial charge on any atom is 0.240 e. The number of Topliss-reactive ketones (excluding diaryl/α,β-unsaturated/α-hetero) is 1. The lowest BCUT2D eigenvalue weighted by molar-refractivity contribution is -0.872. The molecular formula is C18H23N2O3S+. The smallest absolute Gasteiger partial charge is 0.240 e. The monoisotopic (exact) mass is 347 g/mol. The van der Waals surface area contributed by atoms with Crippen molar-refractivity contribution >= 4 is 15.8 Å². The van der Waals surface area contributed by atoms with Gasteiger partial charge in [0.05, 0.1) is 19.0 Å². The second kappa shape index (κ2) is 7.70. The van der Waals surface area contributed by atoms with Crippen molar-refractivity contribution in [1.82, 2.24) is 4.72 Å². The van der Waals surface area contributed by atoms with E-state index in [2.05, 4.69) is 18.8 Å². The van der Waals surface area contributed by atoms with E-state index in [1.165, 1.54) is 29.5 Å². The Labute approximate surface area is 143 Å². The lowest BCUT2D eigenvalue weighted by atomic mass is 10.1. The molecule has 2 N–H and O–H groups in total. The predicted molar refractivity (Wildman–Crippen MR) is 93.4 cm³/mol. The molecule has 0 unspecified atom stereocenters. The fraction of sp³-hybridized carbons (Fsp3) is 0.278. The van der Waals surface area contributed by atoms with E-state index in [0.717, 1.165) is 12.1 Å². The van der Waals surface area contributed by atoms with Crippen LogP contribution < -0.4 is 9.62 Å². The van der Waals surface area contributed by atoms with Crippen molar-refractivity contribution in [2.24, 2.45) is 0 Å². The van der Waals surface area contributed by atoms with Gasteiger partial charge >= 0.3 is 0 Å². The maximum atomic E-state index is 12.4. The number of hydrogen-bond donors (Lipinski definition) is 2. The highest BCUT2D eigenvalue weighted by atomic mass is 32.2. The van der Waals surface area contributed by atoms with Crippen molar-refractivity contribution in [3.8, 4) is 0 Å². The molecule has 0 atom stereocenters. The molecule has 0 aromatic heterocycles. The third-order valence-corrected chi connectivity index (χ3v) is 5.00. The van der Waals surface area contributed by atoms with Gasteiger partial charge in [-0.15, -0.1) is 0 Å². The summed E-state index contributed by atoms with van der Waals surface area (Å²) in [5, 5.41) is 0. The van der Waals surface area contributed by atoms with Crippen LogP contribution in [0.2, 0.25) is 0 Å². The van der Waals surface area contributed by atoms with E-state index in [4.69, 9.17) is 0 Å². The highest BCUT2D eigenvalue weighted by Gasteiger charge is 2.15. The summed E-state index contributed by atoms with van der Waals surface area (Å²) >= 11 is 0. The average molecular weight is 347 g/mol. The number of ketones is 1. The summed E-state index contributed by atoms with van der Waals surface area (Å²) in [7, 11) is 0.511. The molecule has 0 saturated heterocycles. The average Bonchev–Trinajstić information content (AvgIpc) is 2.54. The Hall–Kier alpha value is -2.02. The number of rotatable bonds is 7. The van der Waals surface area contributed by atoms with Crippen molar-refractivity contribution in [2.75, 3.05) is 14.1 Å². The van der Waals surface area contributed by atoms with E-state index in [1.54, 1.807) is 12.1 Å². The minimum Gasteiger partial charge on any atom is -0.336 e. The van der Waals surface area contributed by atoms with Crippen LogP contribution >= 0.6 is 0 Å². The Morgan fingerprint density at radius 1 is 1.04 bits per heavy atom. The molecule has 0 spiro atoms. The predicted octanol–water partition coefficient (Wildman–Crippen LogP) is 1.01. The van der Waals surface area contributed by atoms with E-state index in [-0.39, 0.29) is 17.2 Å². The van der Waals surface area contributed by atoms with Crippen LogP contribution in [0.3, 0.4) is 0 Å². The van der Waals surface area contributed by atoms with Crippen molar-refractivity contribution in [3.05, 3.63) is 65.2 Å². The van der Waals surface area contributed by atoms with Crippen molar-refractivity contribution in [1.29, 1.82) is 0 Å². The molecule has 0 aliphatic heterocycles. The normalized spacial score (nSPS) is 11.7. The summed E-state index contributed by atoms with van der Waals surface area (Å²) in [5.74, 6) is -0.161. The summed E-state index contributed by atoms with van der Waals surface area (Å²) in [6.07, 6.45) is 0. The van der Waals surface area contributed by atoms with E-state index in [1.807, 2.05) is 24.3 Å². The van der Waals surface area contributed by atoms with Gasteiger partial charge in [-0.3, -0.25) is 4.79 Å². The molecule has 0 amide bonds. The molecule has 2 aromatic rings. The molecule has 0 aliphatic carbocycles. The van der Waals surface area contributed by atoms with E-state index in [0.29, 0.717) is 5.56 Å². The zero-order valence-corrected chi connectivity index (χ0v) is 15.0. The lowest BCUT2D eigenvalue weighted by Crippen LogP contribution is -3.04. The minimum absolute atomic E-state index is 0.100. The standard InChI is InChI=1S/C18H22N2O3S/c1-14(21)17-5-4-6-18(11-17)24(22,23)19-12-15-7-9-16(10-8-15)13-20(2)3/h4-11,19H,12-13H2,1-3H3/p+1. The molecule has 0 fully saturated rings. The number of nitrogens with one attached hydrogen (secondary N) is 2. The van der Waals surface area contributed by atoms with Crippen LogP contribution in [0.15, 0.2) is 53.4 Å². The van der Waals surface area contributed by atoms with Gasteiger partial charge < -0.3 is 4.90 Å². The molecular weight excluding hydrogens is 324 g/mol. The molecule has 2 aromatic carbocycles. The largest absolute Gasteiger partial charge is 0.336 e. The van der Waals surface area contributed by atoms with Crippen LogP contribution in [0.5, 0.6) is 0 Å². The second-order valence-electron chi connectivity index (χ2n) is 6.11. The molecule has 0 saturated carbocycles. The Balaban J connectivity index is 2.07. The zero-order chi connectivity index (χ0) is 17.7. The van der Waals surface area contributed by atoms with Crippen LogP contribution in [-0.4, -0.2) is 28.3 Å². The van der Waals surface area contributed by atoms with Gasteiger partial charge in [0.2, 0.25) is 10.0 Å². The van der Waals surface area contributed by atoms with Crippen molar-refractivity contribution in [2.45, 2.75) is 24.9 Å². The Morgan fingerprint density at radius 2 is 1.67 bits per heavy atom. The fourth-order valence-electron chi connectivity index (χ4n) is 2.33. The number of quaternary nitrogens is 1. The van der Waals surface area contributed by atoms with Crippen molar-refractivity contribution in [3.63, 3.8) is 0 Å². The highest BCUT2D eigenvalue weighted by Crippen LogP contribution is 2.13. The molecule has 5 nitrogen and oxygen atoms in total. The van der Waals surface area contributed by atoms with Gasteiger partial charge in [0.25, 0.3) is 0 Å². The van der Waals surface area contributed by atoms with Gasteiger partial charge in [-0.05, 0) is 24.6 Å². The number of benzene rings is 2. The number of sulfonamides is 1. The zero-order valence-electron chi connectivity index (χ0n) is 14.2. The summed E-state index contributed by atoms with van der Waals surface area (Å²) in [4.78, 5) is 12.8. The van der Waals surface area contributed by atoms with Crippen molar-refractivity contribution < 1.29 is 18.1 Å². The van der Waals surface area contributed by atoms with Crippen LogP contribution in [0.4, 0.5) is 0 Å². The molecule has 0 radical (unpaired) electrons. The minimum atomic E-state index is -3.65. The Morgan fingerprint density at radius 3 is 2.25 bits per heavy atom. The van der Waals surface area contributed by atoms with E-state index >= 15 is 0 Å². The molecule has 24 heavy (non-hydrogen) atoms. The number of hydrogen-bond acceptors (Lipinski definition) is 3. The third kappa shape index (κ3) is 4.99. The summed E-state index contributed by atoms with van der Waals surface area (Å²) in [5.41, 5.74) is 2.47. The van der Waals surface area contributed by atoms with Gasteiger partial charge in [0.15, 0.2) is 5.78 Å².